The highest BCUT2D eigenvalue weighted by Gasteiger charge is 2.29. The van der Waals surface area contributed by atoms with Gasteiger partial charge in [-0.1, -0.05) is 12.1 Å². The molecule has 0 aliphatic carbocycles. The molecule has 1 N–H and O–H groups in total. The van der Waals surface area contributed by atoms with Crippen LogP contribution in [0.25, 0.3) is 0 Å². The average molecular weight is 411 g/mol. The number of anilines is 2. The first-order valence-electron chi connectivity index (χ1n) is 8.42. The van der Waals surface area contributed by atoms with E-state index in [2.05, 4.69) is 4.72 Å². The number of benzene rings is 2. The quantitative estimate of drug-likeness (QED) is 0.818. The zero-order valence-corrected chi connectivity index (χ0v) is 17.0. The van der Waals surface area contributed by atoms with Gasteiger partial charge in [-0.05, 0) is 49.6 Å². The van der Waals surface area contributed by atoms with Crippen LogP contribution in [0.5, 0.6) is 5.75 Å². The Labute approximate surface area is 160 Å². The van der Waals surface area contributed by atoms with E-state index in [-0.39, 0.29) is 22.1 Å². The molecule has 0 unspecified atom stereocenters. The van der Waals surface area contributed by atoms with Crippen molar-refractivity contribution in [3.63, 3.8) is 0 Å². The maximum atomic E-state index is 12.8. The maximum absolute atomic E-state index is 12.8. The van der Waals surface area contributed by atoms with E-state index in [1.54, 1.807) is 25.1 Å². The van der Waals surface area contributed by atoms with Crippen LogP contribution in [0.4, 0.5) is 11.4 Å². The number of sulfonamides is 2. The molecule has 0 saturated carbocycles. The highest BCUT2D eigenvalue weighted by atomic mass is 32.2. The molecule has 146 valence electrons. The molecular formula is C18H22N2O5S2. The van der Waals surface area contributed by atoms with Gasteiger partial charge in [0.15, 0.2) is 0 Å². The van der Waals surface area contributed by atoms with Gasteiger partial charge in [-0.25, -0.2) is 16.8 Å². The van der Waals surface area contributed by atoms with Gasteiger partial charge in [-0.3, -0.25) is 9.03 Å². The SMILES string of the molecule is COc1cc(N2CCCS2(=O)=O)ccc1NS(=O)(=O)c1cc(C)ccc1C. The molecule has 27 heavy (non-hydrogen) atoms. The van der Waals surface area contributed by atoms with E-state index in [1.807, 2.05) is 13.0 Å². The molecule has 1 fully saturated rings. The Morgan fingerprint density at radius 3 is 2.48 bits per heavy atom. The number of aryl methyl sites for hydroxylation is 2. The van der Waals surface area contributed by atoms with Crippen molar-refractivity contribution >= 4 is 31.4 Å². The minimum absolute atomic E-state index is 0.107. The molecule has 0 amide bonds. The fraction of sp³-hybridized carbons (Fsp3) is 0.333. The summed E-state index contributed by atoms with van der Waals surface area (Å²) >= 11 is 0. The van der Waals surface area contributed by atoms with Crippen LogP contribution in [-0.2, 0) is 20.0 Å². The van der Waals surface area contributed by atoms with Crippen LogP contribution in [0.3, 0.4) is 0 Å². The summed E-state index contributed by atoms with van der Waals surface area (Å²) in [5, 5.41) is 0. The number of nitrogens with zero attached hydrogens (tertiary/aromatic N) is 1. The molecule has 1 saturated heterocycles. The Bertz CT molecular complexity index is 1080. The Kier molecular flexibility index (Phi) is 5.09. The van der Waals surface area contributed by atoms with Crippen molar-refractivity contribution < 1.29 is 21.6 Å². The number of methoxy groups -OCH3 is 1. The highest BCUT2D eigenvalue weighted by Crippen LogP contribution is 2.34. The van der Waals surface area contributed by atoms with Crippen LogP contribution in [0.15, 0.2) is 41.3 Å². The van der Waals surface area contributed by atoms with Crippen LogP contribution in [0.2, 0.25) is 0 Å². The summed E-state index contributed by atoms with van der Waals surface area (Å²) in [6.45, 7) is 3.95. The summed E-state index contributed by atoms with van der Waals surface area (Å²) < 4.78 is 59.0. The van der Waals surface area contributed by atoms with Crippen molar-refractivity contribution in [2.24, 2.45) is 0 Å². The molecule has 0 spiro atoms. The molecular weight excluding hydrogens is 388 g/mol. The molecule has 0 atom stereocenters. The smallest absolute Gasteiger partial charge is 0.262 e. The molecule has 2 aromatic rings. The van der Waals surface area contributed by atoms with Crippen molar-refractivity contribution in [2.45, 2.75) is 25.2 Å². The monoisotopic (exact) mass is 410 g/mol. The summed E-state index contributed by atoms with van der Waals surface area (Å²) in [7, 11) is -5.73. The molecule has 3 rings (SSSR count). The Hall–Kier alpha value is -2.26. The largest absolute Gasteiger partial charge is 0.494 e. The first kappa shape index (κ1) is 19.5. The Balaban J connectivity index is 1.97. The summed E-state index contributed by atoms with van der Waals surface area (Å²) in [5.74, 6) is 0.361. The first-order chi connectivity index (χ1) is 12.6. The lowest BCUT2D eigenvalue weighted by Gasteiger charge is -2.19. The van der Waals surface area contributed by atoms with Gasteiger partial charge in [0.25, 0.3) is 10.0 Å². The minimum atomic E-state index is -3.82. The third-order valence-electron chi connectivity index (χ3n) is 4.45. The van der Waals surface area contributed by atoms with Crippen molar-refractivity contribution in [3.8, 4) is 5.75 Å². The number of ether oxygens (including phenoxy) is 1. The zero-order chi connectivity index (χ0) is 19.8. The van der Waals surface area contributed by atoms with Gasteiger partial charge in [0.05, 0.1) is 29.1 Å². The van der Waals surface area contributed by atoms with Gasteiger partial charge in [0.2, 0.25) is 10.0 Å². The second-order valence-corrected chi connectivity index (χ2v) is 10.2. The van der Waals surface area contributed by atoms with E-state index >= 15 is 0 Å². The summed E-state index contributed by atoms with van der Waals surface area (Å²) in [4.78, 5) is 0.191. The van der Waals surface area contributed by atoms with Crippen LogP contribution in [0, 0.1) is 13.8 Å². The van der Waals surface area contributed by atoms with Gasteiger partial charge in [0, 0.05) is 12.6 Å². The van der Waals surface area contributed by atoms with Crippen molar-refractivity contribution in [1.29, 1.82) is 0 Å². The van der Waals surface area contributed by atoms with E-state index in [4.69, 9.17) is 4.74 Å². The maximum Gasteiger partial charge on any atom is 0.262 e. The van der Waals surface area contributed by atoms with E-state index in [0.717, 1.165) is 5.56 Å². The normalized spacial score (nSPS) is 16.3. The highest BCUT2D eigenvalue weighted by molar-refractivity contribution is 7.93. The van der Waals surface area contributed by atoms with Crippen LogP contribution >= 0.6 is 0 Å². The fourth-order valence-corrected chi connectivity index (χ4v) is 6.00. The lowest BCUT2D eigenvalue weighted by Crippen LogP contribution is -2.25. The molecule has 0 bridgehead atoms. The minimum Gasteiger partial charge on any atom is -0.494 e. The second-order valence-electron chi connectivity index (χ2n) is 6.50. The van der Waals surface area contributed by atoms with E-state index < -0.39 is 20.0 Å². The Morgan fingerprint density at radius 2 is 1.85 bits per heavy atom. The van der Waals surface area contributed by atoms with Crippen LogP contribution in [-0.4, -0.2) is 36.2 Å². The molecule has 1 aliphatic rings. The summed E-state index contributed by atoms with van der Waals surface area (Å²) in [6, 6.07) is 9.83. The Morgan fingerprint density at radius 1 is 1.11 bits per heavy atom. The number of nitrogens with one attached hydrogen (secondary N) is 1. The molecule has 2 aromatic carbocycles. The molecule has 0 aromatic heterocycles. The van der Waals surface area contributed by atoms with E-state index in [0.29, 0.717) is 24.2 Å². The van der Waals surface area contributed by atoms with Crippen molar-refractivity contribution in [3.05, 3.63) is 47.5 Å². The molecule has 9 heteroatoms. The first-order valence-corrected chi connectivity index (χ1v) is 11.5. The third-order valence-corrected chi connectivity index (χ3v) is 7.83. The van der Waals surface area contributed by atoms with E-state index in [9.17, 15) is 16.8 Å². The summed E-state index contributed by atoms with van der Waals surface area (Å²) in [6.07, 6.45) is 0.561. The lowest BCUT2D eigenvalue weighted by molar-refractivity contribution is 0.417. The van der Waals surface area contributed by atoms with Gasteiger partial charge in [0.1, 0.15) is 5.75 Å². The fourth-order valence-electron chi connectivity index (χ4n) is 3.05. The second kappa shape index (κ2) is 7.05. The molecule has 0 radical (unpaired) electrons. The third kappa shape index (κ3) is 3.89. The van der Waals surface area contributed by atoms with Crippen molar-refractivity contribution in [1.82, 2.24) is 0 Å². The van der Waals surface area contributed by atoms with Crippen molar-refractivity contribution in [2.75, 3.05) is 28.4 Å². The number of hydrogen-bond donors (Lipinski definition) is 1. The average Bonchev–Trinajstić information content (AvgIpc) is 2.96. The molecule has 1 heterocycles. The van der Waals surface area contributed by atoms with E-state index in [1.165, 1.54) is 23.5 Å². The summed E-state index contributed by atoms with van der Waals surface area (Å²) in [5.41, 5.74) is 2.17. The van der Waals surface area contributed by atoms with Gasteiger partial charge in [-0.2, -0.15) is 0 Å². The zero-order valence-electron chi connectivity index (χ0n) is 15.4. The number of rotatable bonds is 5. The standard InChI is InChI=1S/C18H22N2O5S2/c1-13-5-6-14(2)18(11-13)27(23,24)19-16-8-7-15(12-17(16)25-3)20-9-4-10-26(20,21)22/h5-8,11-12,19H,4,9-10H2,1-3H3. The lowest BCUT2D eigenvalue weighted by atomic mass is 10.2. The van der Waals surface area contributed by atoms with Gasteiger partial charge >= 0.3 is 0 Å². The predicted octanol–water partition coefficient (Wildman–Crippen LogP) is 2.65. The number of hydrogen-bond acceptors (Lipinski definition) is 5. The topological polar surface area (TPSA) is 92.8 Å². The molecule has 7 nitrogen and oxygen atoms in total. The van der Waals surface area contributed by atoms with Crippen LogP contribution < -0.4 is 13.8 Å². The van der Waals surface area contributed by atoms with Crippen LogP contribution in [0.1, 0.15) is 17.5 Å². The van der Waals surface area contributed by atoms with Gasteiger partial charge < -0.3 is 4.74 Å². The molecule has 1 aliphatic heterocycles. The predicted molar refractivity (Wildman–Crippen MR) is 105 cm³/mol. The van der Waals surface area contributed by atoms with Gasteiger partial charge in [-0.15, -0.1) is 0 Å².